The maximum atomic E-state index is 15.7. The highest BCUT2D eigenvalue weighted by Gasteiger charge is 2.70. The second kappa shape index (κ2) is 9.26. The molecule has 37 heavy (non-hydrogen) atoms. The molecule has 4 atom stereocenters. The highest BCUT2D eigenvalue weighted by atomic mass is 35.5. The predicted octanol–water partition coefficient (Wildman–Crippen LogP) is 4.62. The van der Waals surface area contributed by atoms with E-state index in [0.717, 1.165) is 0 Å². The van der Waals surface area contributed by atoms with Crippen LogP contribution in [0.2, 0.25) is 10.0 Å². The Morgan fingerprint density at radius 2 is 1.95 bits per heavy atom. The van der Waals surface area contributed by atoms with Gasteiger partial charge < -0.3 is 15.7 Å². The quantitative estimate of drug-likeness (QED) is 0.422. The molecule has 196 valence electrons. The van der Waals surface area contributed by atoms with Crippen LogP contribution in [0.3, 0.4) is 0 Å². The van der Waals surface area contributed by atoms with E-state index >= 15 is 4.39 Å². The number of carboxylic acid groups (broad SMARTS) is 1. The van der Waals surface area contributed by atoms with Gasteiger partial charge in [-0.05, 0) is 55.5 Å². The fourth-order valence-electron chi connectivity index (χ4n) is 6.69. The van der Waals surface area contributed by atoms with Crippen LogP contribution in [0.1, 0.15) is 56.6 Å². The maximum absolute atomic E-state index is 15.7. The van der Waals surface area contributed by atoms with Gasteiger partial charge in [-0.15, -0.1) is 0 Å². The van der Waals surface area contributed by atoms with Crippen LogP contribution < -0.4 is 16.0 Å². The Bertz CT molecular complexity index is 1300. The van der Waals surface area contributed by atoms with Crippen LogP contribution in [0.5, 0.6) is 0 Å². The van der Waals surface area contributed by atoms with E-state index in [2.05, 4.69) is 16.0 Å². The first-order valence-electron chi connectivity index (χ1n) is 12.4. The summed E-state index contributed by atoms with van der Waals surface area (Å²) in [7, 11) is 0. The third kappa shape index (κ3) is 3.83. The summed E-state index contributed by atoms with van der Waals surface area (Å²) in [6.07, 6.45) is 1.87. The number of carbonyl (C=O) groups is 3. The van der Waals surface area contributed by atoms with Crippen molar-refractivity contribution in [1.82, 2.24) is 10.6 Å². The Balaban J connectivity index is 1.67. The van der Waals surface area contributed by atoms with Crippen molar-refractivity contribution in [2.75, 3.05) is 5.32 Å². The molecule has 2 aromatic rings. The van der Waals surface area contributed by atoms with E-state index in [1.54, 1.807) is 30.3 Å². The molecular weight excluding hydrogens is 520 g/mol. The smallest absolute Gasteiger partial charge is 0.306 e. The SMILES string of the molecule is CCCC1(C)N[C@@H](C(=O)N[C@H]2C[C@H](C(=O)O)C2)[C@H](c2cccc(Cl)c2F)[C@]12C(=O)Nc1cc(Cl)ccc12. The van der Waals surface area contributed by atoms with Crippen LogP contribution in [-0.4, -0.2) is 40.5 Å². The highest BCUT2D eigenvalue weighted by Crippen LogP contribution is 2.60. The molecule has 5 rings (SSSR count). The second-order valence-electron chi connectivity index (χ2n) is 10.5. The minimum atomic E-state index is -1.35. The largest absolute Gasteiger partial charge is 0.481 e. The fourth-order valence-corrected chi connectivity index (χ4v) is 7.04. The van der Waals surface area contributed by atoms with Gasteiger partial charge in [-0.1, -0.05) is 54.7 Å². The first kappa shape index (κ1) is 25.9. The Kier molecular flexibility index (Phi) is 6.49. The van der Waals surface area contributed by atoms with E-state index in [4.69, 9.17) is 23.2 Å². The Morgan fingerprint density at radius 1 is 1.22 bits per heavy atom. The zero-order valence-electron chi connectivity index (χ0n) is 20.4. The van der Waals surface area contributed by atoms with Crippen LogP contribution in [0.25, 0.3) is 0 Å². The van der Waals surface area contributed by atoms with E-state index in [-0.39, 0.29) is 22.5 Å². The number of anilines is 1. The first-order valence-corrected chi connectivity index (χ1v) is 13.1. The molecule has 1 spiro atoms. The number of nitrogens with one attached hydrogen (secondary N) is 3. The van der Waals surface area contributed by atoms with Crippen molar-refractivity contribution in [2.24, 2.45) is 5.92 Å². The molecule has 2 fully saturated rings. The monoisotopic (exact) mass is 547 g/mol. The van der Waals surface area contributed by atoms with Crippen LogP contribution in [-0.2, 0) is 19.8 Å². The minimum Gasteiger partial charge on any atom is -0.481 e. The average molecular weight is 548 g/mol. The van der Waals surface area contributed by atoms with Crippen LogP contribution in [0.4, 0.5) is 10.1 Å². The number of carboxylic acids is 1. The summed E-state index contributed by atoms with van der Waals surface area (Å²) in [4.78, 5) is 39.1. The molecule has 0 aromatic heterocycles. The average Bonchev–Trinajstić information content (AvgIpc) is 3.24. The summed E-state index contributed by atoms with van der Waals surface area (Å²) >= 11 is 12.4. The number of halogens is 3. The predicted molar refractivity (Wildman–Crippen MR) is 138 cm³/mol. The second-order valence-corrected chi connectivity index (χ2v) is 11.3. The van der Waals surface area contributed by atoms with Crippen molar-refractivity contribution in [3.63, 3.8) is 0 Å². The van der Waals surface area contributed by atoms with Crippen LogP contribution in [0.15, 0.2) is 36.4 Å². The zero-order valence-corrected chi connectivity index (χ0v) is 21.9. The molecule has 10 heteroatoms. The lowest BCUT2D eigenvalue weighted by Crippen LogP contribution is -2.57. The molecule has 1 saturated carbocycles. The third-order valence-corrected chi connectivity index (χ3v) is 8.87. The number of carbonyl (C=O) groups excluding carboxylic acids is 2. The van der Waals surface area contributed by atoms with E-state index in [1.807, 2.05) is 13.8 Å². The van der Waals surface area contributed by atoms with Crippen LogP contribution in [0, 0.1) is 11.7 Å². The molecule has 1 aliphatic carbocycles. The molecule has 2 heterocycles. The van der Waals surface area contributed by atoms with Crippen molar-refractivity contribution in [3.05, 3.63) is 63.4 Å². The summed E-state index contributed by atoms with van der Waals surface area (Å²) in [5.74, 6) is -3.78. The van der Waals surface area contributed by atoms with Crippen molar-refractivity contribution >= 4 is 46.7 Å². The lowest BCUT2D eigenvalue weighted by Gasteiger charge is -2.42. The van der Waals surface area contributed by atoms with Crippen LogP contribution >= 0.6 is 23.2 Å². The highest BCUT2D eigenvalue weighted by molar-refractivity contribution is 6.31. The summed E-state index contributed by atoms with van der Waals surface area (Å²) in [5.41, 5.74) is -0.956. The lowest BCUT2D eigenvalue weighted by molar-refractivity contribution is -0.146. The number of rotatable bonds is 6. The van der Waals surface area contributed by atoms with Gasteiger partial charge in [0.1, 0.15) is 11.2 Å². The van der Waals surface area contributed by atoms with Gasteiger partial charge in [-0.3, -0.25) is 19.7 Å². The van der Waals surface area contributed by atoms with Gasteiger partial charge in [0, 0.05) is 28.2 Å². The van der Waals surface area contributed by atoms with Gasteiger partial charge in [0.2, 0.25) is 11.8 Å². The summed E-state index contributed by atoms with van der Waals surface area (Å²) in [6.45, 7) is 3.88. The number of aliphatic carboxylic acids is 1. The van der Waals surface area contributed by atoms with Crippen molar-refractivity contribution in [1.29, 1.82) is 0 Å². The molecule has 1 unspecified atom stereocenters. The normalized spacial score (nSPS) is 32.1. The van der Waals surface area contributed by atoms with Crippen molar-refractivity contribution in [2.45, 2.75) is 68.5 Å². The Hall–Kier alpha value is -2.68. The molecule has 0 radical (unpaired) electrons. The Labute approximate surface area is 224 Å². The van der Waals surface area contributed by atoms with E-state index in [9.17, 15) is 19.5 Å². The van der Waals surface area contributed by atoms with Crippen molar-refractivity contribution in [3.8, 4) is 0 Å². The number of hydrogen-bond acceptors (Lipinski definition) is 4. The van der Waals surface area contributed by atoms with Gasteiger partial charge in [-0.25, -0.2) is 4.39 Å². The topological polar surface area (TPSA) is 108 Å². The molecule has 4 N–H and O–H groups in total. The van der Waals surface area contributed by atoms with Gasteiger partial charge >= 0.3 is 5.97 Å². The zero-order chi connectivity index (χ0) is 26.7. The van der Waals surface area contributed by atoms with Gasteiger partial charge in [0.05, 0.1) is 17.0 Å². The molecule has 1 saturated heterocycles. The summed E-state index contributed by atoms with van der Waals surface area (Å²) in [6, 6.07) is 8.43. The fraction of sp³-hybridized carbons (Fsp3) is 0.444. The molecule has 3 aliphatic rings. The number of benzene rings is 2. The van der Waals surface area contributed by atoms with E-state index in [0.29, 0.717) is 42.0 Å². The van der Waals surface area contributed by atoms with E-state index < -0.39 is 46.5 Å². The first-order chi connectivity index (χ1) is 17.5. The number of amides is 2. The molecule has 0 bridgehead atoms. The van der Waals surface area contributed by atoms with Crippen molar-refractivity contribution < 1.29 is 23.9 Å². The molecular formula is C27H28Cl2FN3O4. The summed E-state index contributed by atoms with van der Waals surface area (Å²) < 4.78 is 15.7. The molecule has 7 nitrogen and oxygen atoms in total. The Morgan fingerprint density at radius 3 is 2.62 bits per heavy atom. The lowest BCUT2D eigenvalue weighted by atomic mass is 9.58. The molecule has 2 aromatic carbocycles. The van der Waals surface area contributed by atoms with E-state index in [1.165, 1.54) is 6.07 Å². The third-order valence-electron chi connectivity index (χ3n) is 8.34. The molecule has 2 amide bonds. The summed E-state index contributed by atoms with van der Waals surface area (Å²) in [5, 5.41) is 18.9. The van der Waals surface area contributed by atoms with Gasteiger partial charge in [0.15, 0.2) is 0 Å². The van der Waals surface area contributed by atoms with Gasteiger partial charge in [0.25, 0.3) is 0 Å². The molecule has 2 aliphatic heterocycles. The minimum absolute atomic E-state index is 0.103. The number of hydrogen-bond donors (Lipinski definition) is 4. The standard InChI is InChI=1S/C27H28Cl2FN3O4/c1-3-9-26(2)27(17-8-7-14(28)12-19(17)32-25(27)37)20(16-5-4-6-18(29)21(16)30)22(33-26)23(34)31-15-10-13(11-15)24(35)36/h4-8,12-13,15,20,22,33H,3,9-11H2,1-2H3,(H,31,34)(H,32,37)(H,35,36)/t13-,15-,20-,22+,26?,27+/m0/s1. The van der Waals surface area contributed by atoms with Gasteiger partial charge in [-0.2, -0.15) is 0 Å². The number of fused-ring (bicyclic) bond motifs is 2. The maximum Gasteiger partial charge on any atom is 0.306 e.